The van der Waals surface area contributed by atoms with Crippen molar-refractivity contribution in [2.75, 3.05) is 25.9 Å². The quantitative estimate of drug-likeness (QED) is 0.740. The number of rotatable bonds is 3. The van der Waals surface area contributed by atoms with E-state index >= 15 is 0 Å². The highest BCUT2D eigenvalue weighted by Gasteiger charge is 2.36. The summed E-state index contributed by atoms with van der Waals surface area (Å²) in [4.78, 5) is 4.41. The molecular weight excluding hydrogens is 194 g/mol. The Kier molecular flexibility index (Phi) is 3.21. The Morgan fingerprint density at radius 1 is 1.50 bits per heavy atom. The molecule has 2 rings (SSSR count). The molecule has 0 amide bonds. The van der Waals surface area contributed by atoms with Gasteiger partial charge in [0.05, 0.1) is 0 Å². The highest BCUT2D eigenvalue weighted by Crippen LogP contribution is 2.42. The molecule has 14 heavy (non-hydrogen) atoms. The van der Waals surface area contributed by atoms with E-state index in [1.165, 1.54) is 25.7 Å². The molecule has 0 bridgehead atoms. The van der Waals surface area contributed by atoms with Crippen LogP contribution in [0.1, 0.15) is 25.7 Å². The number of nitrogens with one attached hydrogen (secondary N) is 2. The van der Waals surface area contributed by atoms with Gasteiger partial charge in [-0.25, -0.2) is 0 Å². The summed E-state index contributed by atoms with van der Waals surface area (Å²) >= 11 is 2.00. The Labute approximate surface area is 90.1 Å². The number of nitrogens with zero attached hydrogens (tertiary/aromatic N) is 1. The maximum atomic E-state index is 4.41. The second-order valence-electron chi connectivity index (χ2n) is 4.10. The third-order valence-corrected chi connectivity index (χ3v) is 4.59. The Hall–Kier alpha value is -0.380. The van der Waals surface area contributed by atoms with Gasteiger partial charge in [-0.2, -0.15) is 11.8 Å². The monoisotopic (exact) mass is 213 g/mol. The van der Waals surface area contributed by atoms with Crippen LogP contribution in [0.4, 0.5) is 0 Å². The van der Waals surface area contributed by atoms with Gasteiger partial charge in [-0.15, -0.1) is 0 Å². The lowest BCUT2D eigenvalue weighted by atomic mass is 9.84. The van der Waals surface area contributed by atoms with Crippen LogP contribution in [0.2, 0.25) is 0 Å². The van der Waals surface area contributed by atoms with E-state index in [-0.39, 0.29) is 0 Å². The van der Waals surface area contributed by atoms with Gasteiger partial charge in [0.2, 0.25) is 0 Å². The van der Waals surface area contributed by atoms with Gasteiger partial charge in [0.1, 0.15) is 0 Å². The average molecular weight is 213 g/mol. The molecule has 1 saturated carbocycles. The molecule has 0 radical (unpaired) electrons. The van der Waals surface area contributed by atoms with Crippen molar-refractivity contribution >= 4 is 17.7 Å². The zero-order valence-corrected chi connectivity index (χ0v) is 9.62. The van der Waals surface area contributed by atoms with Gasteiger partial charge >= 0.3 is 0 Å². The molecule has 0 aromatic carbocycles. The molecule has 1 fully saturated rings. The first-order chi connectivity index (χ1) is 6.85. The van der Waals surface area contributed by atoms with E-state index in [9.17, 15) is 0 Å². The van der Waals surface area contributed by atoms with Crippen molar-refractivity contribution in [1.29, 1.82) is 0 Å². The molecule has 1 aliphatic carbocycles. The van der Waals surface area contributed by atoms with Crippen LogP contribution in [0.25, 0.3) is 0 Å². The number of thioether (sulfide) groups is 1. The fraction of sp³-hybridized carbons (Fsp3) is 0.900. The van der Waals surface area contributed by atoms with Crippen molar-refractivity contribution in [3.05, 3.63) is 0 Å². The van der Waals surface area contributed by atoms with E-state index in [2.05, 4.69) is 21.9 Å². The normalized spacial score (nSPS) is 24.5. The Balaban J connectivity index is 1.78. The van der Waals surface area contributed by atoms with Crippen LogP contribution in [0.15, 0.2) is 4.99 Å². The van der Waals surface area contributed by atoms with Crippen LogP contribution >= 0.6 is 11.8 Å². The number of hydrogen-bond donors (Lipinski definition) is 2. The van der Waals surface area contributed by atoms with E-state index in [0.717, 1.165) is 25.6 Å². The van der Waals surface area contributed by atoms with Crippen molar-refractivity contribution in [3.8, 4) is 0 Å². The van der Waals surface area contributed by atoms with E-state index in [1.807, 2.05) is 11.8 Å². The first kappa shape index (κ1) is 10.1. The Bertz CT molecular complexity index is 218. The molecular formula is C10H19N3S. The summed E-state index contributed by atoms with van der Waals surface area (Å²) in [5.74, 6) is 1.01. The minimum absolute atomic E-state index is 0.502. The maximum absolute atomic E-state index is 4.41. The highest BCUT2D eigenvalue weighted by molar-refractivity contribution is 8.00. The van der Waals surface area contributed by atoms with E-state index < -0.39 is 0 Å². The summed E-state index contributed by atoms with van der Waals surface area (Å²) in [5.41, 5.74) is 0. The molecule has 1 heterocycles. The van der Waals surface area contributed by atoms with Gasteiger partial charge in [-0.3, -0.25) is 4.99 Å². The van der Waals surface area contributed by atoms with Crippen LogP contribution in [0.5, 0.6) is 0 Å². The second kappa shape index (κ2) is 4.43. The van der Waals surface area contributed by atoms with Crippen molar-refractivity contribution in [2.24, 2.45) is 4.99 Å². The zero-order valence-electron chi connectivity index (χ0n) is 8.81. The van der Waals surface area contributed by atoms with E-state index in [0.29, 0.717) is 4.75 Å². The lowest BCUT2D eigenvalue weighted by molar-refractivity contribution is 0.360. The fourth-order valence-electron chi connectivity index (χ4n) is 1.92. The van der Waals surface area contributed by atoms with E-state index in [1.54, 1.807) is 0 Å². The number of hydrogen-bond acceptors (Lipinski definition) is 4. The van der Waals surface area contributed by atoms with Gasteiger partial charge in [0.15, 0.2) is 5.96 Å². The van der Waals surface area contributed by atoms with Crippen molar-refractivity contribution in [1.82, 2.24) is 10.6 Å². The third-order valence-electron chi connectivity index (χ3n) is 3.17. The Morgan fingerprint density at radius 2 is 2.36 bits per heavy atom. The molecule has 0 spiro atoms. The summed E-state index contributed by atoms with van der Waals surface area (Å²) < 4.78 is 0.502. The van der Waals surface area contributed by atoms with Gasteiger partial charge in [-0.1, -0.05) is 6.42 Å². The molecule has 2 N–H and O–H groups in total. The molecule has 0 atom stereocenters. The molecule has 0 aromatic rings. The Morgan fingerprint density at radius 3 is 2.86 bits per heavy atom. The maximum Gasteiger partial charge on any atom is 0.191 e. The predicted molar refractivity (Wildman–Crippen MR) is 63.0 cm³/mol. The highest BCUT2D eigenvalue weighted by atomic mass is 32.2. The van der Waals surface area contributed by atoms with Crippen LogP contribution in [0, 0.1) is 0 Å². The first-order valence-corrected chi connectivity index (χ1v) is 6.64. The predicted octanol–water partition coefficient (Wildman–Crippen LogP) is 1.21. The van der Waals surface area contributed by atoms with Gasteiger partial charge in [0.25, 0.3) is 0 Å². The summed E-state index contributed by atoms with van der Waals surface area (Å²) in [6, 6.07) is 0. The lowest BCUT2D eigenvalue weighted by Crippen LogP contribution is -2.49. The van der Waals surface area contributed by atoms with Crippen LogP contribution in [-0.2, 0) is 0 Å². The van der Waals surface area contributed by atoms with E-state index in [4.69, 9.17) is 0 Å². The van der Waals surface area contributed by atoms with Crippen LogP contribution in [-0.4, -0.2) is 36.6 Å². The lowest BCUT2D eigenvalue weighted by Gasteiger charge is -2.40. The molecule has 1 aliphatic heterocycles. The molecule has 0 saturated heterocycles. The van der Waals surface area contributed by atoms with Crippen LogP contribution in [0.3, 0.4) is 0 Å². The summed E-state index contributed by atoms with van der Waals surface area (Å²) in [7, 11) is 0. The number of guanidine groups is 1. The molecule has 0 aromatic heterocycles. The smallest absolute Gasteiger partial charge is 0.191 e. The fourth-order valence-corrected chi connectivity index (χ4v) is 2.83. The average Bonchev–Trinajstić information content (AvgIpc) is 2.19. The van der Waals surface area contributed by atoms with Crippen molar-refractivity contribution in [3.63, 3.8) is 0 Å². The van der Waals surface area contributed by atoms with Gasteiger partial charge in [-0.05, 0) is 25.5 Å². The molecule has 80 valence electrons. The summed E-state index contributed by atoms with van der Waals surface area (Å²) in [6.07, 6.45) is 7.49. The van der Waals surface area contributed by atoms with Crippen molar-refractivity contribution < 1.29 is 0 Å². The molecule has 0 unspecified atom stereocenters. The van der Waals surface area contributed by atoms with Gasteiger partial charge < -0.3 is 10.6 Å². The SMILES string of the molecule is CSC1(CNC2=NCCCN2)CCC1. The molecule has 2 aliphatic rings. The first-order valence-electron chi connectivity index (χ1n) is 5.42. The standard InChI is InChI=1S/C10H19N3S/c1-14-10(4-2-5-10)8-13-9-11-6-3-7-12-9/h2-8H2,1H3,(H2,11,12,13). The topological polar surface area (TPSA) is 36.4 Å². The second-order valence-corrected chi connectivity index (χ2v) is 5.38. The molecule has 3 nitrogen and oxygen atoms in total. The third kappa shape index (κ3) is 2.16. The van der Waals surface area contributed by atoms with Crippen LogP contribution < -0.4 is 10.6 Å². The minimum atomic E-state index is 0.502. The van der Waals surface area contributed by atoms with Crippen molar-refractivity contribution in [2.45, 2.75) is 30.4 Å². The number of aliphatic imine (C=N–C) groups is 1. The minimum Gasteiger partial charge on any atom is -0.356 e. The molecule has 4 heteroatoms. The summed E-state index contributed by atoms with van der Waals surface area (Å²) in [5, 5.41) is 6.73. The van der Waals surface area contributed by atoms with Gasteiger partial charge in [0, 0.05) is 24.4 Å². The summed E-state index contributed by atoms with van der Waals surface area (Å²) in [6.45, 7) is 3.11. The largest absolute Gasteiger partial charge is 0.356 e. The zero-order chi connectivity index (χ0) is 9.86.